The Morgan fingerprint density at radius 1 is 1.14 bits per heavy atom. The van der Waals surface area contributed by atoms with E-state index >= 15 is 0 Å². The minimum absolute atomic E-state index is 0.154. The van der Waals surface area contributed by atoms with Gasteiger partial charge in [-0.05, 0) is 19.1 Å². The lowest BCUT2D eigenvalue weighted by Gasteiger charge is -2.13. The highest BCUT2D eigenvalue weighted by atomic mass is 19.4. The topological polar surface area (TPSA) is 75.9 Å². The fraction of sp³-hybridized carbons (Fsp3) is 0.167. The number of halogens is 4. The van der Waals surface area contributed by atoms with Crippen LogP contribution < -0.4 is 16.6 Å². The van der Waals surface area contributed by atoms with Crippen LogP contribution in [0.1, 0.15) is 11.4 Å². The number of nitrogens with one attached hydrogen (secondary N) is 2. The number of alkyl halides is 3. The van der Waals surface area contributed by atoms with Crippen molar-refractivity contribution < 1.29 is 17.6 Å². The van der Waals surface area contributed by atoms with Gasteiger partial charge in [-0.3, -0.25) is 0 Å². The highest BCUT2D eigenvalue weighted by molar-refractivity contribution is 5.62. The molecular formula is C12H11F4N5. The molecule has 0 fully saturated rings. The summed E-state index contributed by atoms with van der Waals surface area (Å²) in [5.74, 6) is 2.88. The molecule has 0 radical (unpaired) electrons. The molecule has 0 bridgehead atoms. The van der Waals surface area contributed by atoms with E-state index in [4.69, 9.17) is 5.84 Å². The zero-order valence-electron chi connectivity index (χ0n) is 10.8. The summed E-state index contributed by atoms with van der Waals surface area (Å²) in [5, 5.41) is 2.61. The molecule has 0 saturated carbocycles. The van der Waals surface area contributed by atoms with Crippen LogP contribution in [0.2, 0.25) is 0 Å². The molecule has 21 heavy (non-hydrogen) atoms. The van der Waals surface area contributed by atoms with Crippen LogP contribution >= 0.6 is 0 Å². The van der Waals surface area contributed by atoms with Crippen molar-refractivity contribution in [3.8, 4) is 0 Å². The van der Waals surface area contributed by atoms with E-state index in [9.17, 15) is 17.6 Å². The Morgan fingerprint density at radius 2 is 1.81 bits per heavy atom. The lowest BCUT2D eigenvalue weighted by atomic mass is 10.2. The van der Waals surface area contributed by atoms with Gasteiger partial charge < -0.3 is 10.7 Å². The van der Waals surface area contributed by atoms with Crippen LogP contribution in [0.25, 0.3) is 0 Å². The summed E-state index contributed by atoms with van der Waals surface area (Å²) in [5.41, 5.74) is 2.58. The number of benzene rings is 1. The van der Waals surface area contributed by atoms with Gasteiger partial charge in [-0.2, -0.15) is 13.2 Å². The number of rotatable bonds is 3. The Bertz CT molecular complexity index is 657. The summed E-state index contributed by atoms with van der Waals surface area (Å²) in [6.45, 7) is 1.49. The molecule has 9 heteroatoms. The summed E-state index contributed by atoms with van der Waals surface area (Å²) in [6, 6.07) is 5.37. The summed E-state index contributed by atoms with van der Waals surface area (Å²) >= 11 is 0. The third kappa shape index (κ3) is 3.37. The maximum atomic E-state index is 13.4. The Morgan fingerprint density at radius 3 is 2.43 bits per heavy atom. The summed E-state index contributed by atoms with van der Waals surface area (Å²) in [7, 11) is 0. The van der Waals surface area contributed by atoms with E-state index in [-0.39, 0.29) is 17.2 Å². The first-order valence-electron chi connectivity index (χ1n) is 5.76. The van der Waals surface area contributed by atoms with Crippen molar-refractivity contribution in [3.63, 3.8) is 0 Å². The molecule has 1 aromatic heterocycles. The Hall–Kier alpha value is -2.42. The highest BCUT2D eigenvalue weighted by Crippen LogP contribution is 2.29. The van der Waals surface area contributed by atoms with Crippen molar-refractivity contribution in [2.45, 2.75) is 13.1 Å². The molecule has 0 aliphatic rings. The Kier molecular flexibility index (Phi) is 3.94. The average molecular weight is 301 g/mol. The number of hydrogen-bond acceptors (Lipinski definition) is 5. The maximum Gasteiger partial charge on any atom is 0.451 e. The molecule has 2 aromatic rings. The van der Waals surface area contributed by atoms with Gasteiger partial charge in [-0.15, -0.1) is 0 Å². The molecule has 0 spiro atoms. The molecule has 4 N–H and O–H groups in total. The molecule has 0 aliphatic carbocycles. The third-order valence-electron chi connectivity index (χ3n) is 2.66. The normalized spacial score (nSPS) is 11.3. The molecule has 0 saturated heterocycles. The van der Waals surface area contributed by atoms with Crippen molar-refractivity contribution in [1.82, 2.24) is 9.97 Å². The monoisotopic (exact) mass is 301 g/mol. The fourth-order valence-corrected chi connectivity index (χ4v) is 1.59. The van der Waals surface area contributed by atoms with Crippen molar-refractivity contribution in [2.75, 3.05) is 10.7 Å². The predicted octanol–water partition coefficient (Wildman–Crippen LogP) is 2.97. The van der Waals surface area contributed by atoms with E-state index in [1.807, 2.05) is 5.43 Å². The predicted molar refractivity (Wildman–Crippen MR) is 69.3 cm³/mol. The second-order valence-electron chi connectivity index (χ2n) is 4.14. The van der Waals surface area contributed by atoms with Gasteiger partial charge in [0.1, 0.15) is 17.5 Å². The number of nitrogen functional groups attached to an aromatic ring is 1. The fourth-order valence-electron chi connectivity index (χ4n) is 1.59. The number of nitrogens with zero attached hydrogens (tertiary/aromatic N) is 2. The largest absolute Gasteiger partial charge is 0.451 e. The Balaban J connectivity index is 2.42. The number of hydrazine groups is 1. The SMILES string of the molecule is Cc1c(F)cccc1Nc1cc(NN)nc(C(F)(F)F)n1. The lowest BCUT2D eigenvalue weighted by molar-refractivity contribution is -0.144. The van der Waals surface area contributed by atoms with Crippen LogP contribution in [0.15, 0.2) is 24.3 Å². The quantitative estimate of drug-likeness (QED) is 0.461. The second kappa shape index (κ2) is 5.52. The lowest BCUT2D eigenvalue weighted by Crippen LogP contribution is -2.16. The van der Waals surface area contributed by atoms with Crippen LogP contribution in [0.3, 0.4) is 0 Å². The van der Waals surface area contributed by atoms with Gasteiger partial charge in [0.15, 0.2) is 0 Å². The summed E-state index contributed by atoms with van der Waals surface area (Å²) < 4.78 is 51.5. The van der Waals surface area contributed by atoms with Gasteiger partial charge >= 0.3 is 6.18 Å². The van der Waals surface area contributed by atoms with Crippen molar-refractivity contribution >= 4 is 17.3 Å². The highest BCUT2D eigenvalue weighted by Gasteiger charge is 2.35. The molecular weight excluding hydrogens is 290 g/mol. The maximum absolute atomic E-state index is 13.4. The molecule has 2 rings (SSSR count). The summed E-state index contributed by atoms with van der Waals surface area (Å²) in [4.78, 5) is 6.57. The molecule has 0 atom stereocenters. The first kappa shape index (κ1) is 15.0. The van der Waals surface area contributed by atoms with Gasteiger partial charge in [-0.1, -0.05) is 6.07 Å². The van der Waals surface area contributed by atoms with Crippen LogP contribution in [0, 0.1) is 12.7 Å². The molecule has 5 nitrogen and oxygen atoms in total. The second-order valence-corrected chi connectivity index (χ2v) is 4.14. The Labute approximate surface area is 117 Å². The minimum atomic E-state index is -4.72. The molecule has 1 aromatic carbocycles. The van der Waals surface area contributed by atoms with Crippen molar-refractivity contribution in [2.24, 2.45) is 5.84 Å². The minimum Gasteiger partial charge on any atom is -0.340 e. The first-order valence-corrected chi connectivity index (χ1v) is 5.76. The van der Waals surface area contributed by atoms with Gasteiger partial charge in [0.25, 0.3) is 0 Å². The average Bonchev–Trinajstić information content (AvgIpc) is 2.42. The standard InChI is InChI=1S/C12H11F4N5/c1-6-7(13)3-2-4-8(6)18-9-5-10(21-17)20-11(19-9)12(14,15)16/h2-5H,17H2,1H3,(H2,18,19,20,21). The van der Waals surface area contributed by atoms with E-state index in [1.165, 1.54) is 31.2 Å². The first-order chi connectivity index (χ1) is 9.81. The number of hydrogen-bond donors (Lipinski definition) is 3. The van der Waals surface area contributed by atoms with E-state index in [0.29, 0.717) is 5.69 Å². The molecule has 1 heterocycles. The smallest absolute Gasteiger partial charge is 0.340 e. The van der Waals surface area contributed by atoms with Crippen LogP contribution in [0.4, 0.5) is 34.9 Å². The van der Waals surface area contributed by atoms with Crippen molar-refractivity contribution in [1.29, 1.82) is 0 Å². The third-order valence-corrected chi connectivity index (χ3v) is 2.66. The van der Waals surface area contributed by atoms with Crippen LogP contribution in [0.5, 0.6) is 0 Å². The van der Waals surface area contributed by atoms with Crippen LogP contribution in [-0.2, 0) is 6.18 Å². The number of anilines is 3. The molecule has 0 unspecified atom stereocenters. The van der Waals surface area contributed by atoms with Gasteiger partial charge in [-0.25, -0.2) is 20.2 Å². The van der Waals surface area contributed by atoms with Gasteiger partial charge in [0.2, 0.25) is 5.82 Å². The van der Waals surface area contributed by atoms with Gasteiger partial charge in [0, 0.05) is 17.3 Å². The van der Waals surface area contributed by atoms with E-state index in [1.54, 1.807) is 0 Å². The molecule has 0 amide bonds. The van der Waals surface area contributed by atoms with E-state index < -0.39 is 17.8 Å². The zero-order valence-corrected chi connectivity index (χ0v) is 10.8. The van der Waals surface area contributed by atoms with Crippen molar-refractivity contribution in [3.05, 3.63) is 41.5 Å². The van der Waals surface area contributed by atoms with E-state index in [2.05, 4.69) is 15.3 Å². The summed E-state index contributed by atoms with van der Waals surface area (Å²) in [6.07, 6.45) is -4.72. The van der Waals surface area contributed by atoms with E-state index in [0.717, 1.165) is 0 Å². The van der Waals surface area contributed by atoms with Gasteiger partial charge in [0.05, 0.1) is 0 Å². The van der Waals surface area contributed by atoms with Crippen LogP contribution in [-0.4, -0.2) is 9.97 Å². The molecule has 112 valence electrons. The number of nitrogens with two attached hydrogens (primary N) is 1. The number of aromatic nitrogens is 2. The zero-order chi connectivity index (χ0) is 15.6. The molecule has 0 aliphatic heterocycles.